The molecule has 0 N–H and O–H groups in total. The Morgan fingerprint density at radius 2 is 2.46 bits per heavy atom. The molecule has 0 aliphatic heterocycles. The number of carbonyl (C=O) groups is 1. The summed E-state index contributed by atoms with van der Waals surface area (Å²) in [5.74, 6) is 2.45. The van der Waals surface area contributed by atoms with Crippen LogP contribution >= 0.6 is 0 Å². The van der Waals surface area contributed by atoms with Crippen LogP contribution in [0.15, 0.2) is 18.3 Å². The highest BCUT2D eigenvalue weighted by Gasteiger charge is 2.05. The van der Waals surface area contributed by atoms with Crippen molar-refractivity contribution in [1.29, 1.82) is 0 Å². The molecule has 1 aromatic heterocycles. The number of ketones is 1. The van der Waals surface area contributed by atoms with Gasteiger partial charge in [-0.1, -0.05) is 0 Å². The Labute approximate surface area is 78.0 Å². The fraction of sp³-hybridized carbons (Fsp3) is 0.273. The summed E-state index contributed by atoms with van der Waals surface area (Å²) in [6.45, 7) is 1.93. The van der Waals surface area contributed by atoms with Crippen molar-refractivity contribution in [3.05, 3.63) is 29.6 Å². The summed E-state index contributed by atoms with van der Waals surface area (Å²) in [6, 6.07) is 3.64. The van der Waals surface area contributed by atoms with E-state index in [1.807, 2.05) is 13.0 Å². The lowest BCUT2D eigenvalue weighted by molar-refractivity contribution is 0.0979. The third kappa shape index (κ3) is 2.72. The topological polar surface area (TPSA) is 30.0 Å². The molecule has 0 saturated carbocycles. The van der Waals surface area contributed by atoms with Crippen LogP contribution in [0.5, 0.6) is 0 Å². The third-order valence-electron chi connectivity index (χ3n) is 1.70. The molecule has 1 heterocycles. The summed E-state index contributed by atoms with van der Waals surface area (Å²) in [7, 11) is 0. The Morgan fingerprint density at radius 3 is 3.08 bits per heavy atom. The molecule has 0 spiro atoms. The van der Waals surface area contributed by atoms with E-state index in [1.54, 1.807) is 12.3 Å². The summed E-state index contributed by atoms with van der Waals surface area (Å²) < 4.78 is 0. The van der Waals surface area contributed by atoms with E-state index >= 15 is 0 Å². The summed E-state index contributed by atoms with van der Waals surface area (Å²) in [6.07, 6.45) is 7.56. The molecule has 2 heteroatoms. The minimum Gasteiger partial charge on any atom is -0.292 e. The molecule has 1 rings (SSSR count). The molecule has 13 heavy (non-hydrogen) atoms. The van der Waals surface area contributed by atoms with Gasteiger partial charge in [0.05, 0.1) is 0 Å². The SMILES string of the molecule is C#CCCC(=O)c1cc(C)ccn1. The van der Waals surface area contributed by atoms with Crippen LogP contribution in [-0.4, -0.2) is 10.8 Å². The molecule has 0 aliphatic carbocycles. The van der Waals surface area contributed by atoms with Crippen LogP contribution in [0.4, 0.5) is 0 Å². The smallest absolute Gasteiger partial charge is 0.182 e. The number of Topliss-reactive ketones (excluding diaryl/α,β-unsaturated/α-hetero) is 1. The first kappa shape index (κ1) is 9.47. The van der Waals surface area contributed by atoms with E-state index in [9.17, 15) is 4.79 Å². The van der Waals surface area contributed by atoms with Gasteiger partial charge < -0.3 is 0 Å². The van der Waals surface area contributed by atoms with Crippen LogP contribution in [0, 0.1) is 19.3 Å². The Hall–Kier alpha value is -1.62. The van der Waals surface area contributed by atoms with Gasteiger partial charge in [0.15, 0.2) is 5.78 Å². The number of rotatable bonds is 3. The maximum atomic E-state index is 11.4. The van der Waals surface area contributed by atoms with Gasteiger partial charge in [-0.2, -0.15) is 0 Å². The molecular weight excluding hydrogens is 162 g/mol. The lowest BCUT2D eigenvalue weighted by Gasteiger charge is -1.98. The van der Waals surface area contributed by atoms with Crippen molar-refractivity contribution in [2.24, 2.45) is 0 Å². The van der Waals surface area contributed by atoms with Crippen LogP contribution in [0.25, 0.3) is 0 Å². The average molecular weight is 173 g/mol. The molecule has 66 valence electrons. The first-order chi connectivity index (χ1) is 6.24. The van der Waals surface area contributed by atoms with Crippen molar-refractivity contribution in [2.45, 2.75) is 19.8 Å². The van der Waals surface area contributed by atoms with E-state index in [0.29, 0.717) is 18.5 Å². The Bertz CT molecular complexity index is 349. The third-order valence-corrected chi connectivity index (χ3v) is 1.70. The minimum atomic E-state index is 0.0154. The Morgan fingerprint density at radius 1 is 1.69 bits per heavy atom. The second-order valence-corrected chi connectivity index (χ2v) is 2.85. The Balaban J connectivity index is 2.72. The van der Waals surface area contributed by atoms with Gasteiger partial charge in [0, 0.05) is 19.0 Å². The highest BCUT2D eigenvalue weighted by atomic mass is 16.1. The van der Waals surface area contributed by atoms with Crippen molar-refractivity contribution in [1.82, 2.24) is 4.98 Å². The number of hydrogen-bond acceptors (Lipinski definition) is 2. The first-order valence-corrected chi connectivity index (χ1v) is 4.13. The second kappa shape index (κ2) is 4.42. The molecule has 0 radical (unpaired) electrons. The quantitative estimate of drug-likeness (QED) is 0.516. The van der Waals surface area contributed by atoms with Gasteiger partial charge in [0.25, 0.3) is 0 Å². The van der Waals surface area contributed by atoms with Gasteiger partial charge >= 0.3 is 0 Å². The number of carbonyl (C=O) groups excluding carboxylic acids is 1. The molecule has 0 amide bonds. The molecule has 1 aromatic rings. The molecule has 0 aromatic carbocycles. The zero-order chi connectivity index (χ0) is 9.68. The van der Waals surface area contributed by atoms with Gasteiger partial charge in [-0.15, -0.1) is 12.3 Å². The zero-order valence-electron chi connectivity index (χ0n) is 7.58. The predicted molar refractivity (Wildman–Crippen MR) is 51.4 cm³/mol. The van der Waals surface area contributed by atoms with Crippen LogP contribution in [0.3, 0.4) is 0 Å². The lowest BCUT2D eigenvalue weighted by atomic mass is 10.1. The fourth-order valence-corrected chi connectivity index (χ4v) is 1.00. The molecule has 0 fully saturated rings. The van der Waals surface area contributed by atoms with Crippen molar-refractivity contribution in [2.75, 3.05) is 0 Å². The highest BCUT2D eigenvalue weighted by Crippen LogP contribution is 2.04. The first-order valence-electron chi connectivity index (χ1n) is 4.13. The highest BCUT2D eigenvalue weighted by molar-refractivity contribution is 5.94. The van der Waals surface area contributed by atoms with Gasteiger partial charge in [-0.05, 0) is 24.6 Å². The molecule has 0 aliphatic rings. The summed E-state index contributed by atoms with van der Waals surface area (Å²) in [4.78, 5) is 15.4. The van der Waals surface area contributed by atoms with Gasteiger partial charge in [-0.25, -0.2) is 0 Å². The largest absolute Gasteiger partial charge is 0.292 e. The van der Waals surface area contributed by atoms with Crippen LogP contribution in [0.1, 0.15) is 28.9 Å². The minimum absolute atomic E-state index is 0.0154. The fourth-order valence-electron chi connectivity index (χ4n) is 1.00. The van der Waals surface area contributed by atoms with Gasteiger partial charge in [0.2, 0.25) is 0 Å². The Kier molecular flexibility index (Phi) is 3.22. The standard InChI is InChI=1S/C11H11NO/c1-3-4-5-11(13)10-8-9(2)6-7-12-10/h1,6-8H,4-5H2,2H3. The molecular formula is C11H11NO. The van der Waals surface area contributed by atoms with Crippen molar-refractivity contribution < 1.29 is 4.79 Å². The summed E-state index contributed by atoms with van der Waals surface area (Å²) >= 11 is 0. The number of terminal acetylenes is 1. The number of hydrogen-bond donors (Lipinski definition) is 0. The van der Waals surface area contributed by atoms with E-state index in [0.717, 1.165) is 5.56 Å². The summed E-state index contributed by atoms with van der Waals surface area (Å²) in [5, 5.41) is 0. The maximum Gasteiger partial charge on any atom is 0.182 e. The summed E-state index contributed by atoms with van der Waals surface area (Å²) in [5.41, 5.74) is 1.55. The number of nitrogens with zero attached hydrogens (tertiary/aromatic N) is 1. The second-order valence-electron chi connectivity index (χ2n) is 2.85. The van der Waals surface area contributed by atoms with E-state index in [1.165, 1.54) is 0 Å². The number of pyridine rings is 1. The van der Waals surface area contributed by atoms with Crippen LogP contribution in [0.2, 0.25) is 0 Å². The molecule has 2 nitrogen and oxygen atoms in total. The van der Waals surface area contributed by atoms with Gasteiger partial charge in [0.1, 0.15) is 5.69 Å². The van der Waals surface area contributed by atoms with Crippen LogP contribution in [-0.2, 0) is 0 Å². The average Bonchev–Trinajstić information content (AvgIpc) is 2.14. The molecule has 0 unspecified atom stereocenters. The number of aromatic nitrogens is 1. The van der Waals surface area contributed by atoms with E-state index in [-0.39, 0.29) is 5.78 Å². The normalized spacial score (nSPS) is 9.23. The lowest BCUT2D eigenvalue weighted by Crippen LogP contribution is -2.01. The predicted octanol–water partition coefficient (Wildman–Crippen LogP) is 1.99. The van der Waals surface area contributed by atoms with E-state index in [2.05, 4.69) is 10.9 Å². The van der Waals surface area contributed by atoms with Crippen molar-refractivity contribution in [3.8, 4) is 12.3 Å². The number of aryl methyl sites for hydroxylation is 1. The monoisotopic (exact) mass is 173 g/mol. The molecule has 0 bridgehead atoms. The van der Waals surface area contributed by atoms with E-state index < -0.39 is 0 Å². The molecule has 0 atom stereocenters. The van der Waals surface area contributed by atoms with Gasteiger partial charge in [-0.3, -0.25) is 9.78 Å². The van der Waals surface area contributed by atoms with Crippen molar-refractivity contribution >= 4 is 5.78 Å². The molecule has 0 saturated heterocycles. The van der Waals surface area contributed by atoms with Crippen LogP contribution < -0.4 is 0 Å². The maximum absolute atomic E-state index is 11.4. The zero-order valence-corrected chi connectivity index (χ0v) is 7.58. The van der Waals surface area contributed by atoms with E-state index in [4.69, 9.17) is 6.42 Å². The van der Waals surface area contributed by atoms with Crippen molar-refractivity contribution in [3.63, 3.8) is 0 Å².